The first kappa shape index (κ1) is 12.9. The summed E-state index contributed by atoms with van der Waals surface area (Å²) in [5.74, 6) is 0.859. The van der Waals surface area contributed by atoms with E-state index in [0.29, 0.717) is 18.7 Å². The summed E-state index contributed by atoms with van der Waals surface area (Å²) >= 11 is 1.66. The van der Waals surface area contributed by atoms with Gasteiger partial charge in [0.2, 0.25) is 0 Å². The SMILES string of the molecule is CN(Cc1cccs1)C(=O)C1=Cc2ccccc2OC1. The van der Waals surface area contributed by atoms with E-state index in [4.69, 9.17) is 4.74 Å². The second-order valence-electron chi connectivity index (χ2n) is 4.74. The molecule has 0 bridgehead atoms. The van der Waals surface area contributed by atoms with Crippen LogP contribution in [0.2, 0.25) is 0 Å². The summed E-state index contributed by atoms with van der Waals surface area (Å²) in [5.41, 5.74) is 1.66. The van der Waals surface area contributed by atoms with E-state index in [9.17, 15) is 4.79 Å². The summed E-state index contributed by atoms with van der Waals surface area (Å²) in [7, 11) is 1.82. The van der Waals surface area contributed by atoms with Gasteiger partial charge in [0, 0.05) is 17.5 Å². The van der Waals surface area contributed by atoms with E-state index in [1.54, 1.807) is 16.2 Å². The highest BCUT2D eigenvalue weighted by Gasteiger charge is 2.20. The third-order valence-corrected chi connectivity index (χ3v) is 4.09. The van der Waals surface area contributed by atoms with Crippen molar-refractivity contribution in [1.82, 2.24) is 4.90 Å². The van der Waals surface area contributed by atoms with Crippen molar-refractivity contribution in [2.75, 3.05) is 13.7 Å². The maximum atomic E-state index is 12.4. The minimum absolute atomic E-state index is 0.0212. The minimum atomic E-state index is 0.0212. The van der Waals surface area contributed by atoms with Gasteiger partial charge in [-0.3, -0.25) is 4.79 Å². The first-order chi connectivity index (χ1) is 9.74. The predicted octanol–water partition coefficient (Wildman–Crippen LogP) is 3.18. The van der Waals surface area contributed by atoms with E-state index in [0.717, 1.165) is 11.3 Å². The molecule has 1 aliphatic heterocycles. The van der Waals surface area contributed by atoms with Gasteiger partial charge in [-0.1, -0.05) is 24.3 Å². The lowest BCUT2D eigenvalue weighted by atomic mass is 10.1. The summed E-state index contributed by atoms with van der Waals surface area (Å²) in [4.78, 5) is 15.3. The molecule has 1 amide bonds. The number of carbonyl (C=O) groups excluding carboxylic acids is 1. The number of nitrogens with zero attached hydrogens (tertiary/aromatic N) is 1. The Morgan fingerprint density at radius 2 is 2.15 bits per heavy atom. The van der Waals surface area contributed by atoms with Gasteiger partial charge < -0.3 is 9.64 Å². The molecule has 20 heavy (non-hydrogen) atoms. The average molecular weight is 285 g/mol. The third kappa shape index (κ3) is 2.60. The molecule has 4 heteroatoms. The highest BCUT2D eigenvalue weighted by atomic mass is 32.1. The number of carbonyl (C=O) groups is 1. The van der Waals surface area contributed by atoms with Crippen molar-refractivity contribution in [3.05, 3.63) is 57.8 Å². The van der Waals surface area contributed by atoms with Crippen molar-refractivity contribution >= 4 is 23.3 Å². The number of likely N-dealkylation sites (N-methyl/N-ethyl adjacent to an activating group) is 1. The smallest absolute Gasteiger partial charge is 0.253 e. The molecule has 0 fully saturated rings. The van der Waals surface area contributed by atoms with Crippen LogP contribution >= 0.6 is 11.3 Å². The first-order valence-corrected chi connectivity index (χ1v) is 7.32. The number of hydrogen-bond donors (Lipinski definition) is 0. The molecule has 0 saturated heterocycles. The van der Waals surface area contributed by atoms with Crippen molar-refractivity contribution in [3.63, 3.8) is 0 Å². The maximum Gasteiger partial charge on any atom is 0.253 e. The largest absolute Gasteiger partial charge is 0.488 e. The zero-order chi connectivity index (χ0) is 13.9. The Morgan fingerprint density at radius 3 is 2.95 bits per heavy atom. The molecule has 102 valence electrons. The topological polar surface area (TPSA) is 29.5 Å². The van der Waals surface area contributed by atoms with Gasteiger partial charge in [-0.25, -0.2) is 0 Å². The lowest BCUT2D eigenvalue weighted by Crippen LogP contribution is -2.30. The van der Waals surface area contributed by atoms with Gasteiger partial charge in [-0.05, 0) is 23.6 Å². The minimum Gasteiger partial charge on any atom is -0.488 e. The van der Waals surface area contributed by atoms with E-state index < -0.39 is 0 Å². The molecule has 2 heterocycles. The second-order valence-corrected chi connectivity index (χ2v) is 5.77. The number of fused-ring (bicyclic) bond motifs is 1. The number of benzene rings is 1. The standard InChI is InChI=1S/C16H15NO2S/c1-17(10-14-6-4-8-20-14)16(18)13-9-12-5-2-3-7-15(12)19-11-13/h2-9H,10-11H2,1H3. The van der Waals surface area contributed by atoms with Crippen LogP contribution in [0.4, 0.5) is 0 Å². The summed E-state index contributed by atoms with van der Waals surface area (Å²) in [5, 5.41) is 2.02. The fourth-order valence-electron chi connectivity index (χ4n) is 2.19. The molecule has 0 N–H and O–H groups in total. The Labute approximate surface area is 122 Å². The van der Waals surface area contributed by atoms with Crippen LogP contribution < -0.4 is 4.74 Å². The molecule has 0 aliphatic carbocycles. The fraction of sp³-hybridized carbons (Fsp3) is 0.188. The lowest BCUT2D eigenvalue weighted by molar-refractivity contribution is -0.126. The molecule has 0 radical (unpaired) electrons. The molecule has 3 rings (SSSR count). The van der Waals surface area contributed by atoms with Crippen LogP contribution in [0.3, 0.4) is 0 Å². The Kier molecular flexibility index (Phi) is 3.56. The summed E-state index contributed by atoms with van der Waals surface area (Å²) in [6.07, 6.45) is 1.92. The Hall–Kier alpha value is -2.07. The summed E-state index contributed by atoms with van der Waals surface area (Å²) in [6.45, 7) is 0.972. The monoisotopic (exact) mass is 285 g/mol. The zero-order valence-corrected chi connectivity index (χ0v) is 12.0. The van der Waals surface area contributed by atoms with Crippen molar-refractivity contribution in [2.24, 2.45) is 0 Å². The van der Waals surface area contributed by atoms with E-state index in [2.05, 4.69) is 0 Å². The molecule has 0 atom stereocenters. The van der Waals surface area contributed by atoms with E-state index in [-0.39, 0.29) is 5.91 Å². The molecule has 0 unspecified atom stereocenters. The Morgan fingerprint density at radius 1 is 1.30 bits per heavy atom. The predicted molar refractivity (Wildman–Crippen MR) is 80.7 cm³/mol. The fourth-order valence-corrected chi connectivity index (χ4v) is 2.95. The molecule has 1 aromatic carbocycles. The van der Waals surface area contributed by atoms with Crippen LogP contribution in [0.5, 0.6) is 5.75 Å². The van der Waals surface area contributed by atoms with Gasteiger partial charge in [-0.15, -0.1) is 11.3 Å². The van der Waals surface area contributed by atoms with Gasteiger partial charge in [0.25, 0.3) is 5.91 Å². The van der Waals surface area contributed by atoms with E-state index >= 15 is 0 Å². The number of amides is 1. The molecular formula is C16H15NO2S. The zero-order valence-electron chi connectivity index (χ0n) is 11.2. The van der Waals surface area contributed by atoms with Crippen LogP contribution in [0.1, 0.15) is 10.4 Å². The Balaban J connectivity index is 1.76. The Bertz CT molecular complexity index is 646. The molecule has 0 spiro atoms. The highest BCUT2D eigenvalue weighted by molar-refractivity contribution is 7.09. The normalized spacial score (nSPS) is 13.2. The van der Waals surface area contributed by atoms with Crippen LogP contribution in [-0.4, -0.2) is 24.5 Å². The van der Waals surface area contributed by atoms with Crippen molar-refractivity contribution in [2.45, 2.75) is 6.54 Å². The van der Waals surface area contributed by atoms with Gasteiger partial charge in [-0.2, -0.15) is 0 Å². The summed E-state index contributed by atoms with van der Waals surface area (Å²) in [6, 6.07) is 11.8. The molecule has 1 aromatic heterocycles. The van der Waals surface area contributed by atoms with Gasteiger partial charge in [0.15, 0.2) is 0 Å². The van der Waals surface area contributed by atoms with Gasteiger partial charge in [0.1, 0.15) is 12.4 Å². The average Bonchev–Trinajstić information content (AvgIpc) is 2.99. The second kappa shape index (κ2) is 5.51. The van der Waals surface area contributed by atoms with Crippen LogP contribution in [0.15, 0.2) is 47.4 Å². The van der Waals surface area contributed by atoms with Crippen LogP contribution in [-0.2, 0) is 11.3 Å². The van der Waals surface area contributed by atoms with Gasteiger partial charge in [0.05, 0.1) is 12.1 Å². The molecule has 3 nitrogen and oxygen atoms in total. The van der Waals surface area contributed by atoms with E-state index in [1.165, 1.54) is 4.88 Å². The van der Waals surface area contributed by atoms with Crippen molar-refractivity contribution < 1.29 is 9.53 Å². The third-order valence-electron chi connectivity index (χ3n) is 3.23. The number of para-hydroxylation sites is 1. The molecular weight excluding hydrogens is 270 g/mol. The molecule has 1 aliphatic rings. The number of rotatable bonds is 3. The van der Waals surface area contributed by atoms with Crippen LogP contribution in [0, 0.1) is 0 Å². The number of thiophene rings is 1. The summed E-state index contributed by atoms with van der Waals surface area (Å²) < 4.78 is 5.63. The van der Waals surface area contributed by atoms with Gasteiger partial charge >= 0.3 is 0 Å². The number of ether oxygens (including phenoxy) is 1. The maximum absolute atomic E-state index is 12.4. The lowest BCUT2D eigenvalue weighted by Gasteiger charge is -2.22. The quantitative estimate of drug-likeness (QED) is 0.867. The van der Waals surface area contributed by atoms with Crippen molar-refractivity contribution in [1.29, 1.82) is 0 Å². The van der Waals surface area contributed by atoms with E-state index in [1.807, 2.05) is 54.9 Å². The number of hydrogen-bond acceptors (Lipinski definition) is 3. The highest BCUT2D eigenvalue weighted by Crippen LogP contribution is 2.26. The molecule has 0 saturated carbocycles. The van der Waals surface area contributed by atoms with Crippen LogP contribution in [0.25, 0.3) is 6.08 Å². The van der Waals surface area contributed by atoms with Crippen molar-refractivity contribution in [3.8, 4) is 5.75 Å². The first-order valence-electron chi connectivity index (χ1n) is 6.44. The molecule has 2 aromatic rings.